The van der Waals surface area contributed by atoms with E-state index in [1.165, 1.54) is 0 Å². The molecule has 0 radical (unpaired) electrons. The Morgan fingerprint density at radius 3 is 2.12 bits per heavy atom. The topological polar surface area (TPSA) is 17.1 Å². The molecule has 17 heavy (non-hydrogen) atoms. The molecular formula is C16H14O. The van der Waals surface area contributed by atoms with Gasteiger partial charge in [-0.05, 0) is 55.4 Å². The number of carbonyl (C=O) groups is 1. The predicted octanol–water partition coefficient (Wildman–Crippen LogP) is 2.97. The van der Waals surface area contributed by atoms with E-state index in [4.69, 9.17) is 0 Å². The van der Waals surface area contributed by atoms with Gasteiger partial charge in [-0.1, -0.05) is 36.1 Å². The maximum absolute atomic E-state index is 11.6. The van der Waals surface area contributed by atoms with Gasteiger partial charge in [-0.2, -0.15) is 0 Å². The van der Waals surface area contributed by atoms with Crippen LogP contribution in [0.25, 0.3) is 0 Å². The number of hydrogen-bond acceptors (Lipinski definition) is 1. The third kappa shape index (κ3) is 4.87. The van der Waals surface area contributed by atoms with Crippen LogP contribution in [0.15, 0.2) is 47.1 Å². The average Bonchev–Trinajstić information content (AvgIpc) is 2.31. The van der Waals surface area contributed by atoms with Gasteiger partial charge in [-0.15, -0.1) is 0 Å². The molecule has 0 aromatic carbocycles. The summed E-state index contributed by atoms with van der Waals surface area (Å²) in [6.45, 7) is 5.56. The van der Waals surface area contributed by atoms with E-state index < -0.39 is 0 Å². The molecule has 0 bridgehead atoms. The Morgan fingerprint density at radius 2 is 1.47 bits per heavy atom. The van der Waals surface area contributed by atoms with E-state index >= 15 is 0 Å². The summed E-state index contributed by atoms with van der Waals surface area (Å²) in [7, 11) is 0. The fraction of sp³-hybridized carbons (Fsp3) is 0.188. The molecule has 0 unspecified atom stereocenters. The van der Waals surface area contributed by atoms with Gasteiger partial charge in [0.05, 0.1) is 0 Å². The minimum atomic E-state index is -0.00161. The van der Waals surface area contributed by atoms with Crippen molar-refractivity contribution >= 4 is 5.78 Å². The van der Waals surface area contributed by atoms with E-state index in [1.807, 2.05) is 19.9 Å². The predicted molar refractivity (Wildman–Crippen MR) is 71.0 cm³/mol. The molecule has 0 aromatic rings. The molecule has 1 aliphatic rings. The smallest absolute Gasteiger partial charge is 0.181 e. The Bertz CT molecular complexity index is 558. The minimum absolute atomic E-state index is 0.00161. The van der Waals surface area contributed by atoms with Crippen molar-refractivity contribution in [3.05, 3.63) is 47.1 Å². The molecule has 0 atom stereocenters. The van der Waals surface area contributed by atoms with Crippen LogP contribution in [0.4, 0.5) is 0 Å². The van der Waals surface area contributed by atoms with Gasteiger partial charge in [-0.25, -0.2) is 0 Å². The first-order valence-electron chi connectivity index (χ1n) is 5.36. The molecule has 1 rings (SSSR count). The molecule has 84 valence electrons. The highest BCUT2D eigenvalue weighted by molar-refractivity contribution is 6.03. The quantitative estimate of drug-likeness (QED) is 0.576. The largest absolute Gasteiger partial charge is 0.290 e. The molecular weight excluding hydrogens is 208 g/mol. The summed E-state index contributed by atoms with van der Waals surface area (Å²) in [5.41, 5.74) is 2.45. The van der Waals surface area contributed by atoms with E-state index in [9.17, 15) is 4.79 Å². The maximum Gasteiger partial charge on any atom is 0.181 e. The normalized spacial score (nSPS) is 26.8. The minimum Gasteiger partial charge on any atom is -0.290 e. The molecule has 0 heterocycles. The number of hydrogen-bond donors (Lipinski definition) is 0. The molecule has 0 saturated carbocycles. The Balaban J connectivity index is 3.18. The molecule has 0 aliphatic heterocycles. The zero-order valence-corrected chi connectivity index (χ0v) is 10.3. The first kappa shape index (κ1) is 12.8. The Morgan fingerprint density at radius 1 is 0.882 bits per heavy atom. The van der Waals surface area contributed by atoms with E-state index in [1.54, 1.807) is 31.2 Å². The third-order valence-electron chi connectivity index (χ3n) is 2.15. The molecule has 0 amide bonds. The monoisotopic (exact) mass is 222 g/mol. The molecule has 0 spiro atoms. The van der Waals surface area contributed by atoms with Gasteiger partial charge in [0.2, 0.25) is 0 Å². The van der Waals surface area contributed by atoms with E-state index in [-0.39, 0.29) is 5.78 Å². The zero-order valence-electron chi connectivity index (χ0n) is 10.3. The van der Waals surface area contributed by atoms with Crippen LogP contribution < -0.4 is 0 Å². The van der Waals surface area contributed by atoms with Crippen molar-refractivity contribution < 1.29 is 4.79 Å². The molecule has 0 saturated heterocycles. The summed E-state index contributed by atoms with van der Waals surface area (Å²) in [5.74, 6) is 11.3. The molecule has 1 heteroatoms. The van der Waals surface area contributed by atoms with Crippen LogP contribution in [0.5, 0.6) is 0 Å². The highest BCUT2D eigenvalue weighted by atomic mass is 16.1. The standard InChI is InChI=1S/C16H14O/c1-13-7-4-5-8-14(2)11-12-15(3)16(17)10-6-9-13/h6,9-12H,1-3H3/b10-6+,13-9-,14-11-,15-12+. The molecule has 1 aliphatic carbocycles. The highest BCUT2D eigenvalue weighted by Gasteiger charge is 1.97. The Hall–Kier alpha value is -2.25. The van der Waals surface area contributed by atoms with Crippen LogP contribution in [-0.2, 0) is 4.79 Å². The first-order chi connectivity index (χ1) is 8.09. The summed E-state index contributed by atoms with van der Waals surface area (Å²) in [5, 5.41) is 0. The Kier molecular flexibility index (Phi) is 4.79. The van der Waals surface area contributed by atoms with Crippen molar-refractivity contribution in [2.75, 3.05) is 0 Å². The summed E-state index contributed by atoms with van der Waals surface area (Å²) in [4.78, 5) is 11.6. The number of rotatable bonds is 0. The van der Waals surface area contributed by atoms with Gasteiger partial charge in [-0.3, -0.25) is 4.79 Å². The zero-order chi connectivity index (χ0) is 12.7. The highest BCUT2D eigenvalue weighted by Crippen LogP contribution is 2.01. The van der Waals surface area contributed by atoms with Crippen molar-refractivity contribution in [2.24, 2.45) is 0 Å². The van der Waals surface area contributed by atoms with Gasteiger partial charge < -0.3 is 0 Å². The van der Waals surface area contributed by atoms with Crippen molar-refractivity contribution in [2.45, 2.75) is 20.8 Å². The van der Waals surface area contributed by atoms with Gasteiger partial charge in [0.25, 0.3) is 0 Å². The van der Waals surface area contributed by atoms with Crippen LogP contribution >= 0.6 is 0 Å². The summed E-state index contributed by atoms with van der Waals surface area (Å²) in [6, 6.07) is 0. The van der Waals surface area contributed by atoms with Gasteiger partial charge >= 0.3 is 0 Å². The second kappa shape index (κ2) is 6.36. The number of allylic oxidation sites excluding steroid dienone is 8. The number of carbonyl (C=O) groups excluding carboxylic acids is 1. The Labute approximate surface area is 103 Å². The lowest BCUT2D eigenvalue weighted by molar-refractivity contribution is -0.111. The van der Waals surface area contributed by atoms with Crippen LogP contribution in [0, 0.1) is 23.7 Å². The van der Waals surface area contributed by atoms with Crippen LogP contribution in [0.1, 0.15) is 20.8 Å². The van der Waals surface area contributed by atoms with Gasteiger partial charge in [0, 0.05) is 0 Å². The van der Waals surface area contributed by atoms with Crippen molar-refractivity contribution in [1.82, 2.24) is 0 Å². The van der Waals surface area contributed by atoms with E-state index in [0.29, 0.717) is 5.57 Å². The molecule has 0 N–H and O–H groups in total. The van der Waals surface area contributed by atoms with Crippen LogP contribution in [0.2, 0.25) is 0 Å². The average molecular weight is 222 g/mol. The SMILES string of the molecule is C/C1=C/C=C/C(=O)/C(C)=C/C=C(/C)C#CC#C1. The van der Waals surface area contributed by atoms with Crippen molar-refractivity contribution in [3.8, 4) is 23.7 Å². The maximum atomic E-state index is 11.6. The third-order valence-corrected chi connectivity index (χ3v) is 2.15. The second-order valence-electron chi connectivity index (χ2n) is 3.77. The lowest BCUT2D eigenvalue weighted by Gasteiger charge is -1.92. The van der Waals surface area contributed by atoms with Crippen LogP contribution in [0.3, 0.4) is 0 Å². The van der Waals surface area contributed by atoms with E-state index in [0.717, 1.165) is 11.1 Å². The van der Waals surface area contributed by atoms with Gasteiger partial charge in [0.15, 0.2) is 5.78 Å². The van der Waals surface area contributed by atoms with Crippen molar-refractivity contribution in [3.63, 3.8) is 0 Å². The lowest BCUT2D eigenvalue weighted by atomic mass is 10.1. The summed E-state index contributed by atoms with van der Waals surface area (Å²) < 4.78 is 0. The number of ketones is 1. The van der Waals surface area contributed by atoms with E-state index in [2.05, 4.69) is 23.7 Å². The van der Waals surface area contributed by atoms with Crippen molar-refractivity contribution in [1.29, 1.82) is 0 Å². The second-order valence-corrected chi connectivity index (χ2v) is 3.77. The molecule has 1 nitrogen and oxygen atoms in total. The lowest BCUT2D eigenvalue weighted by Crippen LogP contribution is -1.93. The molecule has 0 aromatic heterocycles. The first-order valence-corrected chi connectivity index (χ1v) is 5.36. The fourth-order valence-corrected chi connectivity index (χ4v) is 1.09. The van der Waals surface area contributed by atoms with Gasteiger partial charge in [0.1, 0.15) is 0 Å². The molecule has 0 fully saturated rings. The fourth-order valence-electron chi connectivity index (χ4n) is 1.09. The summed E-state index contributed by atoms with van der Waals surface area (Å²) in [6.07, 6.45) is 8.66. The summed E-state index contributed by atoms with van der Waals surface area (Å²) >= 11 is 0. The van der Waals surface area contributed by atoms with Crippen LogP contribution in [-0.4, -0.2) is 5.78 Å².